The molecule has 1 unspecified atom stereocenters. The average Bonchev–Trinajstić information content (AvgIpc) is 2.82. The number of benzene rings is 3. The molecule has 0 spiro atoms. The Hall–Kier alpha value is -3.39. The van der Waals surface area contributed by atoms with Crippen LogP contribution in [-0.2, 0) is 17.8 Å². The third kappa shape index (κ3) is 4.57. The molecule has 0 saturated carbocycles. The molecule has 1 fully saturated rings. The summed E-state index contributed by atoms with van der Waals surface area (Å²) in [5.74, 6) is -0.126. The van der Waals surface area contributed by atoms with Crippen molar-refractivity contribution in [2.75, 3.05) is 17.8 Å². The van der Waals surface area contributed by atoms with Crippen LogP contribution < -0.4 is 4.72 Å². The lowest BCUT2D eigenvalue weighted by atomic mass is 9.86. The number of rotatable bonds is 6. The molecule has 4 aromatic rings. The minimum Gasteiger partial charge on any atom is -0.588 e. The van der Waals surface area contributed by atoms with Gasteiger partial charge in [0.2, 0.25) is 4.90 Å². The maximum absolute atomic E-state index is 12.9. The first-order valence-electron chi connectivity index (χ1n) is 10.7. The average molecular weight is 458 g/mol. The second kappa shape index (κ2) is 8.86. The van der Waals surface area contributed by atoms with Gasteiger partial charge in [-0.25, -0.2) is 4.72 Å². The van der Waals surface area contributed by atoms with E-state index in [1.807, 2.05) is 54.6 Å². The van der Waals surface area contributed by atoms with E-state index in [0.717, 1.165) is 10.9 Å². The van der Waals surface area contributed by atoms with Gasteiger partial charge in [-0.1, -0.05) is 48.5 Å². The van der Waals surface area contributed by atoms with Crippen LogP contribution in [0.4, 0.5) is 5.69 Å². The van der Waals surface area contributed by atoms with Gasteiger partial charge in [-0.3, -0.25) is 9.78 Å². The molecule has 1 atom stereocenters. The van der Waals surface area contributed by atoms with Crippen LogP contribution in [0.15, 0.2) is 96.0 Å². The number of β-amino-alcohol motifs (C(OH)–C–C–N with tert-alkyl or cyclic N) is 1. The van der Waals surface area contributed by atoms with Crippen molar-refractivity contribution in [1.82, 2.24) is 9.88 Å². The van der Waals surface area contributed by atoms with Crippen molar-refractivity contribution in [2.24, 2.45) is 0 Å². The molecule has 0 radical (unpaired) electrons. The first kappa shape index (κ1) is 21.5. The quantitative estimate of drug-likeness (QED) is 0.430. The van der Waals surface area contributed by atoms with Crippen molar-refractivity contribution in [3.8, 4) is 0 Å². The number of carbonyl (C=O) groups excluding carboxylic acids is 1. The molecule has 2 heterocycles. The zero-order valence-electron chi connectivity index (χ0n) is 17.8. The molecule has 1 amide bonds. The number of aromatic nitrogens is 1. The minimum atomic E-state index is -1.50. The molecule has 1 saturated heterocycles. The molecule has 0 bridgehead atoms. The number of amides is 1. The number of nitrogens with zero attached hydrogens (tertiary/aromatic N) is 2. The maximum Gasteiger partial charge on any atom is 0.254 e. The molecule has 1 aliphatic heterocycles. The standard InChI is InChI=1S/C26H23N3O3S/c30-25(29-17-26(31,18-29)16-19-6-2-1-3-7-19)21-11-13-22(14-12-21)28-33(32)23-10-4-8-20-9-5-15-27-24(20)23/h1-15,28,31H,16-18H2. The Bertz CT molecular complexity index is 1270. The normalized spacial score (nSPS) is 15.6. The van der Waals surface area contributed by atoms with Crippen LogP contribution in [0.5, 0.6) is 0 Å². The number of aliphatic hydroxyl groups is 1. The molecular formula is C26H23N3O3S. The highest BCUT2D eigenvalue weighted by atomic mass is 32.2. The van der Waals surface area contributed by atoms with Gasteiger partial charge >= 0.3 is 0 Å². The topological polar surface area (TPSA) is 88.5 Å². The summed E-state index contributed by atoms with van der Waals surface area (Å²) in [4.78, 5) is 19.4. The van der Waals surface area contributed by atoms with Gasteiger partial charge in [-0.05, 0) is 42.0 Å². The lowest BCUT2D eigenvalue weighted by Gasteiger charge is -2.46. The Morgan fingerprint density at radius 1 is 1.00 bits per heavy atom. The Kier molecular flexibility index (Phi) is 5.76. The summed E-state index contributed by atoms with van der Waals surface area (Å²) in [6.45, 7) is 0.609. The van der Waals surface area contributed by atoms with Crippen LogP contribution in [0.3, 0.4) is 0 Å². The fraction of sp³-hybridized carbons (Fsp3) is 0.154. The number of hydrogen-bond acceptors (Lipinski definition) is 5. The highest BCUT2D eigenvalue weighted by Gasteiger charge is 2.43. The number of fused-ring (bicyclic) bond motifs is 1. The molecule has 1 aliphatic rings. The summed E-state index contributed by atoms with van der Waals surface area (Å²) >= 11 is -1.50. The van der Waals surface area contributed by atoms with Gasteiger partial charge in [-0.15, -0.1) is 0 Å². The molecule has 1 aromatic heterocycles. The number of likely N-dealkylation sites (tertiary alicyclic amines) is 1. The lowest BCUT2D eigenvalue weighted by molar-refractivity contribution is -0.0799. The van der Waals surface area contributed by atoms with E-state index in [9.17, 15) is 14.5 Å². The Labute approximate surface area is 195 Å². The van der Waals surface area contributed by atoms with Crippen LogP contribution in [0.25, 0.3) is 10.9 Å². The molecule has 5 rings (SSSR count). The van der Waals surface area contributed by atoms with Crippen LogP contribution in [-0.4, -0.2) is 44.1 Å². The molecular weight excluding hydrogens is 434 g/mol. The molecule has 33 heavy (non-hydrogen) atoms. The van der Waals surface area contributed by atoms with Crippen molar-refractivity contribution >= 4 is 33.9 Å². The zero-order valence-corrected chi connectivity index (χ0v) is 18.7. The molecule has 0 aliphatic carbocycles. The number of pyridine rings is 1. The van der Waals surface area contributed by atoms with Crippen LogP contribution >= 0.6 is 0 Å². The van der Waals surface area contributed by atoms with Gasteiger partial charge in [0.1, 0.15) is 22.5 Å². The van der Waals surface area contributed by atoms with E-state index in [1.54, 1.807) is 41.4 Å². The Morgan fingerprint density at radius 3 is 2.48 bits per heavy atom. The van der Waals surface area contributed by atoms with Gasteiger partial charge in [0.05, 0.1) is 18.8 Å². The summed E-state index contributed by atoms with van der Waals surface area (Å²) in [6, 6.07) is 26.0. The van der Waals surface area contributed by atoms with E-state index in [1.165, 1.54) is 0 Å². The van der Waals surface area contributed by atoms with Crippen LogP contribution in [0.2, 0.25) is 0 Å². The zero-order chi connectivity index (χ0) is 22.8. The van der Waals surface area contributed by atoms with E-state index in [2.05, 4.69) is 9.71 Å². The number of carbonyl (C=O) groups is 1. The molecule has 2 N–H and O–H groups in total. The van der Waals surface area contributed by atoms with Crippen molar-refractivity contribution in [2.45, 2.75) is 16.9 Å². The van der Waals surface area contributed by atoms with Crippen molar-refractivity contribution in [1.29, 1.82) is 0 Å². The molecule has 6 nitrogen and oxygen atoms in total. The summed E-state index contributed by atoms with van der Waals surface area (Å²) in [6.07, 6.45) is 2.20. The Morgan fingerprint density at radius 2 is 1.73 bits per heavy atom. The largest absolute Gasteiger partial charge is 0.588 e. The van der Waals surface area contributed by atoms with Crippen LogP contribution in [0.1, 0.15) is 15.9 Å². The number of nitrogens with one attached hydrogen (secondary N) is 1. The van der Waals surface area contributed by atoms with Crippen LogP contribution in [0, 0.1) is 0 Å². The van der Waals surface area contributed by atoms with Crippen molar-refractivity contribution in [3.05, 3.63) is 102 Å². The van der Waals surface area contributed by atoms with Gasteiger partial charge in [0, 0.05) is 23.6 Å². The minimum absolute atomic E-state index is 0.126. The molecule has 166 valence electrons. The van der Waals surface area contributed by atoms with Gasteiger partial charge in [0.25, 0.3) is 5.91 Å². The smallest absolute Gasteiger partial charge is 0.254 e. The first-order valence-corrected chi connectivity index (χ1v) is 11.8. The fourth-order valence-corrected chi connectivity index (χ4v) is 5.16. The third-order valence-corrected chi connectivity index (χ3v) is 6.92. The SMILES string of the molecule is O=C(c1ccc(N[S+]([O-])c2cccc3cccnc23)cc1)N1CC(O)(Cc2ccccc2)C1. The fourth-order valence-electron chi connectivity index (χ4n) is 4.15. The summed E-state index contributed by atoms with van der Waals surface area (Å²) in [7, 11) is 0. The number of para-hydroxylation sites is 1. The van der Waals surface area contributed by atoms with E-state index in [4.69, 9.17) is 0 Å². The lowest BCUT2D eigenvalue weighted by Crippen LogP contribution is -2.64. The van der Waals surface area contributed by atoms with Gasteiger partial charge in [0.15, 0.2) is 0 Å². The van der Waals surface area contributed by atoms with E-state index >= 15 is 0 Å². The summed E-state index contributed by atoms with van der Waals surface area (Å²) in [5, 5.41) is 11.6. The van der Waals surface area contributed by atoms with Crippen molar-refractivity contribution in [3.63, 3.8) is 0 Å². The third-order valence-electron chi connectivity index (χ3n) is 5.77. The summed E-state index contributed by atoms with van der Waals surface area (Å²) in [5.41, 5.74) is 2.03. The van der Waals surface area contributed by atoms with E-state index in [-0.39, 0.29) is 5.91 Å². The van der Waals surface area contributed by atoms with E-state index < -0.39 is 17.0 Å². The highest BCUT2D eigenvalue weighted by Crippen LogP contribution is 2.28. The predicted molar refractivity (Wildman–Crippen MR) is 129 cm³/mol. The summed E-state index contributed by atoms with van der Waals surface area (Å²) < 4.78 is 15.9. The highest BCUT2D eigenvalue weighted by molar-refractivity contribution is 7.93. The maximum atomic E-state index is 12.9. The van der Waals surface area contributed by atoms with Gasteiger partial charge < -0.3 is 14.6 Å². The van der Waals surface area contributed by atoms with Gasteiger partial charge in [-0.2, -0.15) is 0 Å². The Balaban J connectivity index is 1.21. The second-order valence-electron chi connectivity index (χ2n) is 8.33. The monoisotopic (exact) mass is 457 g/mol. The predicted octanol–water partition coefficient (Wildman–Crippen LogP) is 3.80. The van der Waals surface area contributed by atoms with E-state index in [0.29, 0.717) is 41.2 Å². The van der Waals surface area contributed by atoms with Crippen molar-refractivity contribution < 1.29 is 14.5 Å². The first-order chi connectivity index (χ1) is 16.0. The number of anilines is 1. The number of hydrogen-bond donors (Lipinski definition) is 2. The second-order valence-corrected chi connectivity index (χ2v) is 9.51. The molecule has 7 heteroatoms. The molecule has 3 aromatic carbocycles.